The van der Waals surface area contributed by atoms with Crippen molar-refractivity contribution in [2.45, 2.75) is 32.2 Å². The Hall–Kier alpha value is -1.20. The SMILES string of the molecule is CC1CC(CN)CN1C(=O)CCc1cc(F)ccc1F.Cl. The third kappa shape index (κ3) is 4.38. The summed E-state index contributed by atoms with van der Waals surface area (Å²) in [6, 6.07) is 3.50. The number of hydrogen-bond acceptors (Lipinski definition) is 2. The molecule has 2 N–H and O–H groups in total. The highest BCUT2D eigenvalue weighted by Crippen LogP contribution is 2.23. The van der Waals surface area contributed by atoms with Gasteiger partial charge in [0.05, 0.1) is 0 Å². The number of amides is 1. The van der Waals surface area contributed by atoms with E-state index in [1.807, 2.05) is 6.92 Å². The van der Waals surface area contributed by atoms with Crippen molar-refractivity contribution in [1.82, 2.24) is 4.90 Å². The summed E-state index contributed by atoms with van der Waals surface area (Å²) >= 11 is 0. The van der Waals surface area contributed by atoms with Crippen LogP contribution in [0.2, 0.25) is 0 Å². The molecule has 1 saturated heterocycles. The van der Waals surface area contributed by atoms with E-state index in [2.05, 4.69) is 0 Å². The fourth-order valence-electron chi connectivity index (χ4n) is 2.78. The first-order chi connectivity index (χ1) is 9.51. The van der Waals surface area contributed by atoms with Crippen LogP contribution in [0.4, 0.5) is 8.78 Å². The van der Waals surface area contributed by atoms with Crippen molar-refractivity contribution in [3.05, 3.63) is 35.4 Å². The van der Waals surface area contributed by atoms with Gasteiger partial charge in [0.15, 0.2) is 0 Å². The predicted octanol–water partition coefficient (Wildman–Crippen LogP) is 2.51. The number of carbonyl (C=O) groups is 1. The molecule has 0 aliphatic carbocycles. The molecule has 2 atom stereocenters. The van der Waals surface area contributed by atoms with E-state index in [4.69, 9.17) is 5.73 Å². The number of benzene rings is 1. The van der Waals surface area contributed by atoms with Crippen molar-refractivity contribution in [1.29, 1.82) is 0 Å². The Balaban J connectivity index is 0.00000220. The topological polar surface area (TPSA) is 46.3 Å². The zero-order valence-electron chi connectivity index (χ0n) is 12.0. The summed E-state index contributed by atoms with van der Waals surface area (Å²) < 4.78 is 26.5. The molecule has 1 aromatic carbocycles. The standard InChI is InChI=1S/C15H20F2N2O.ClH/c1-10-6-11(8-18)9-19(10)15(20)5-2-12-7-13(16)3-4-14(12)17;/h3-4,7,10-11H,2,5-6,8-9,18H2,1H3;1H. The quantitative estimate of drug-likeness (QED) is 0.927. The number of rotatable bonds is 4. The summed E-state index contributed by atoms with van der Waals surface area (Å²) in [7, 11) is 0. The molecular formula is C15H21ClF2N2O. The lowest BCUT2D eigenvalue weighted by atomic mass is 10.1. The highest BCUT2D eigenvalue weighted by atomic mass is 35.5. The van der Waals surface area contributed by atoms with Gasteiger partial charge in [-0.25, -0.2) is 8.78 Å². The van der Waals surface area contributed by atoms with E-state index in [0.717, 1.165) is 24.6 Å². The Morgan fingerprint density at radius 3 is 2.76 bits per heavy atom. The maximum atomic E-state index is 13.5. The maximum absolute atomic E-state index is 13.5. The van der Waals surface area contributed by atoms with E-state index in [0.29, 0.717) is 19.0 Å². The second kappa shape index (κ2) is 7.71. The summed E-state index contributed by atoms with van der Waals surface area (Å²) in [6.45, 7) is 3.24. The van der Waals surface area contributed by atoms with Crippen molar-refractivity contribution < 1.29 is 13.6 Å². The molecule has 6 heteroatoms. The first-order valence-corrected chi connectivity index (χ1v) is 6.94. The van der Waals surface area contributed by atoms with Gasteiger partial charge in [0.1, 0.15) is 11.6 Å². The summed E-state index contributed by atoms with van der Waals surface area (Å²) in [6.07, 6.45) is 1.33. The second-order valence-electron chi connectivity index (χ2n) is 5.47. The minimum absolute atomic E-state index is 0. The fourth-order valence-corrected chi connectivity index (χ4v) is 2.78. The van der Waals surface area contributed by atoms with Gasteiger partial charge in [-0.05, 0) is 56.0 Å². The zero-order valence-corrected chi connectivity index (χ0v) is 12.8. The van der Waals surface area contributed by atoms with Crippen LogP contribution in [-0.2, 0) is 11.2 Å². The molecule has 1 aliphatic rings. The average Bonchev–Trinajstić information content (AvgIpc) is 2.81. The van der Waals surface area contributed by atoms with E-state index in [1.165, 1.54) is 0 Å². The van der Waals surface area contributed by atoms with Crippen LogP contribution in [0.15, 0.2) is 18.2 Å². The van der Waals surface area contributed by atoms with Gasteiger partial charge in [0, 0.05) is 19.0 Å². The number of nitrogens with zero attached hydrogens (tertiary/aromatic N) is 1. The maximum Gasteiger partial charge on any atom is 0.223 e. The third-order valence-corrected chi connectivity index (χ3v) is 3.93. The number of hydrogen-bond donors (Lipinski definition) is 1. The van der Waals surface area contributed by atoms with Crippen molar-refractivity contribution in [3.63, 3.8) is 0 Å². The van der Waals surface area contributed by atoms with Gasteiger partial charge in [-0.15, -0.1) is 12.4 Å². The predicted molar refractivity (Wildman–Crippen MR) is 80.3 cm³/mol. The van der Waals surface area contributed by atoms with Crippen molar-refractivity contribution in [3.8, 4) is 0 Å². The number of aryl methyl sites for hydroxylation is 1. The van der Waals surface area contributed by atoms with E-state index in [1.54, 1.807) is 4.90 Å². The van der Waals surface area contributed by atoms with E-state index in [-0.39, 0.29) is 42.8 Å². The van der Waals surface area contributed by atoms with Crippen LogP contribution >= 0.6 is 12.4 Å². The lowest BCUT2D eigenvalue weighted by Gasteiger charge is -2.21. The molecule has 0 radical (unpaired) electrons. The monoisotopic (exact) mass is 318 g/mol. The molecule has 1 heterocycles. The van der Waals surface area contributed by atoms with Gasteiger partial charge in [0.2, 0.25) is 5.91 Å². The van der Waals surface area contributed by atoms with Crippen LogP contribution in [0.3, 0.4) is 0 Å². The normalized spacial score (nSPS) is 21.2. The van der Waals surface area contributed by atoms with Crippen LogP contribution in [-0.4, -0.2) is 29.9 Å². The summed E-state index contributed by atoms with van der Waals surface area (Å²) in [5.41, 5.74) is 5.88. The molecule has 1 amide bonds. The number of halogens is 3. The first kappa shape index (κ1) is 17.9. The molecule has 0 bridgehead atoms. The van der Waals surface area contributed by atoms with Gasteiger partial charge in [-0.2, -0.15) is 0 Å². The number of carbonyl (C=O) groups excluding carboxylic acids is 1. The van der Waals surface area contributed by atoms with Gasteiger partial charge in [-0.1, -0.05) is 0 Å². The Morgan fingerprint density at radius 1 is 1.43 bits per heavy atom. The molecule has 1 aliphatic heterocycles. The van der Waals surface area contributed by atoms with Crippen LogP contribution in [0, 0.1) is 17.6 Å². The van der Waals surface area contributed by atoms with Crippen LogP contribution in [0.25, 0.3) is 0 Å². The van der Waals surface area contributed by atoms with Crippen LogP contribution in [0.1, 0.15) is 25.3 Å². The van der Waals surface area contributed by atoms with Crippen molar-refractivity contribution in [2.75, 3.05) is 13.1 Å². The third-order valence-electron chi connectivity index (χ3n) is 3.93. The average molecular weight is 319 g/mol. The Morgan fingerprint density at radius 2 is 2.14 bits per heavy atom. The molecule has 21 heavy (non-hydrogen) atoms. The molecule has 118 valence electrons. The van der Waals surface area contributed by atoms with Gasteiger partial charge < -0.3 is 10.6 Å². The van der Waals surface area contributed by atoms with E-state index >= 15 is 0 Å². The Kier molecular flexibility index (Phi) is 6.55. The molecule has 0 aromatic heterocycles. The molecule has 2 unspecified atom stereocenters. The lowest BCUT2D eigenvalue weighted by Crippen LogP contribution is -2.34. The molecule has 0 saturated carbocycles. The highest BCUT2D eigenvalue weighted by Gasteiger charge is 2.31. The number of likely N-dealkylation sites (tertiary alicyclic amines) is 1. The van der Waals surface area contributed by atoms with Gasteiger partial charge >= 0.3 is 0 Å². The van der Waals surface area contributed by atoms with Gasteiger partial charge in [-0.3, -0.25) is 4.79 Å². The molecule has 3 nitrogen and oxygen atoms in total. The van der Waals surface area contributed by atoms with E-state index in [9.17, 15) is 13.6 Å². The second-order valence-corrected chi connectivity index (χ2v) is 5.47. The fraction of sp³-hybridized carbons (Fsp3) is 0.533. The summed E-state index contributed by atoms with van der Waals surface area (Å²) in [5, 5.41) is 0. The molecule has 1 fully saturated rings. The first-order valence-electron chi connectivity index (χ1n) is 6.94. The largest absolute Gasteiger partial charge is 0.340 e. The van der Waals surface area contributed by atoms with Crippen molar-refractivity contribution >= 4 is 18.3 Å². The minimum atomic E-state index is -0.480. The summed E-state index contributed by atoms with van der Waals surface area (Å²) in [5.74, 6) is -0.614. The summed E-state index contributed by atoms with van der Waals surface area (Å²) in [4.78, 5) is 14.0. The molecule has 1 aromatic rings. The van der Waals surface area contributed by atoms with Gasteiger partial charge in [0.25, 0.3) is 0 Å². The van der Waals surface area contributed by atoms with Crippen molar-refractivity contribution in [2.24, 2.45) is 11.7 Å². The lowest BCUT2D eigenvalue weighted by molar-refractivity contribution is -0.131. The number of nitrogens with two attached hydrogens (primary N) is 1. The molecule has 2 rings (SSSR count). The van der Waals surface area contributed by atoms with Crippen LogP contribution in [0.5, 0.6) is 0 Å². The smallest absolute Gasteiger partial charge is 0.223 e. The van der Waals surface area contributed by atoms with Crippen LogP contribution < -0.4 is 5.73 Å². The Bertz CT molecular complexity index is 499. The highest BCUT2D eigenvalue weighted by molar-refractivity contribution is 5.85. The zero-order chi connectivity index (χ0) is 14.7. The molecular weight excluding hydrogens is 298 g/mol. The van der Waals surface area contributed by atoms with E-state index < -0.39 is 11.6 Å². The Labute approximate surface area is 129 Å². The minimum Gasteiger partial charge on any atom is -0.340 e. The molecule has 0 spiro atoms.